The standard InChI is InChI=1S/C10H7FN2O/c11-10-6-13-9(3-1-2-4-12)5-8(10)7-14/h1,3,5-7H,2H2. The van der Waals surface area contributed by atoms with Crippen molar-refractivity contribution < 1.29 is 9.18 Å². The molecular formula is C10H7FN2O. The third-order valence-electron chi connectivity index (χ3n) is 1.53. The Morgan fingerprint density at radius 1 is 1.64 bits per heavy atom. The van der Waals surface area contributed by atoms with Gasteiger partial charge in [0.15, 0.2) is 12.1 Å². The molecule has 0 aromatic carbocycles. The average Bonchev–Trinajstić information content (AvgIpc) is 2.21. The number of allylic oxidation sites excluding steroid dienone is 1. The van der Waals surface area contributed by atoms with Gasteiger partial charge in [-0.05, 0) is 12.1 Å². The molecule has 0 fully saturated rings. The highest BCUT2D eigenvalue weighted by Gasteiger charge is 2.00. The summed E-state index contributed by atoms with van der Waals surface area (Å²) in [6, 6.07) is 3.25. The van der Waals surface area contributed by atoms with Gasteiger partial charge < -0.3 is 0 Å². The number of hydrogen-bond donors (Lipinski definition) is 0. The van der Waals surface area contributed by atoms with Gasteiger partial charge in [-0.2, -0.15) is 5.26 Å². The first-order valence-electron chi connectivity index (χ1n) is 3.92. The van der Waals surface area contributed by atoms with Crippen LogP contribution in [0.15, 0.2) is 18.3 Å². The van der Waals surface area contributed by atoms with E-state index < -0.39 is 5.82 Å². The molecule has 0 N–H and O–H groups in total. The summed E-state index contributed by atoms with van der Waals surface area (Å²) < 4.78 is 12.8. The summed E-state index contributed by atoms with van der Waals surface area (Å²) in [5, 5.41) is 8.25. The highest BCUT2D eigenvalue weighted by Crippen LogP contribution is 2.06. The Morgan fingerprint density at radius 3 is 3.07 bits per heavy atom. The lowest BCUT2D eigenvalue weighted by Crippen LogP contribution is -1.91. The topological polar surface area (TPSA) is 53.8 Å². The van der Waals surface area contributed by atoms with Gasteiger partial charge in [-0.3, -0.25) is 9.78 Å². The maximum atomic E-state index is 12.8. The van der Waals surface area contributed by atoms with E-state index in [2.05, 4.69) is 4.98 Å². The monoisotopic (exact) mass is 190 g/mol. The minimum absolute atomic E-state index is 0.0309. The Kier molecular flexibility index (Phi) is 3.50. The molecule has 3 nitrogen and oxygen atoms in total. The molecular weight excluding hydrogens is 183 g/mol. The molecule has 0 aliphatic carbocycles. The first-order valence-corrected chi connectivity index (χ1v) is 3.92. The number of hydrogen-bond acceptors (Lipinski definition) is 3. The smallest absolute Gasteiger partial charge is 0.153 e. The molecule has 0 spiro atoms. The first kappa shape index (κ1) is 10.1. The fraction of sp³-hybridized carbons (Fsp3) is 0.100. The van der Waals surface area contributed by atoms with E-state index >= 15 is 0 Å². The molecule has 0 atom stereocenters. The summed E-state index contributed by atoms with van der Waals surface area (Å²) in [7, 11) is 0. The zero-order valence-corrected chi connectivity index (χ0v) is 7.27. The zero-order chi connectivity index (χ0) is 10.4. The van der Waals surface area contributed by atoms with Crippen LogP contribution in [0, 0.1) is 17.1 Å². The van der Waals surface area contributed by atoms with E-state index in [-0.39, 0.29) is 12.0 Å². The fourth-order valence-corrected chi connectivity index (χ4v) is 0.885. The van der Waals surface area contributed by atoms with Gasteiger partial charge in [0, 0.05) is 0 Å². The van der Waals surface area contributed by atoms with Crippen molar-refractivity contribution in [3.63, 3.8) is 0 Å². The van der Waals surface area contributed by atoms with Gasteiger partial charge in [-0.25, -0.2) is 4.39 Å². The molecule has 1 rings (SSSR count). The van der Waals surface area contributed by atoms with Gasteiger partial charge in [0.2, 0.25) is 0 Å². The van der Waals surface area contributed by atoms with E-state index in [1.165, 1.54) is 6.07 Å². The van der Waals surface area contributed by atoms with Gasteiger partial charge in [0.1, 0.15) is 0 Å². The number of carbonyl (C=O) groups excluding carboxylic acids is 1. The van der Waals surface area contributed by atoms with Gasteiger partial charge in [0.05, 0.1) is 29.9 Å². The quantitative estimate of drug-likeness (QED) is 0.684. The normalized spacial score (nSPS) is 10.0. The number of nitriles is 1. The van der Waals surface area contributed by atoms with Crippen molar-refractivity contribution >= 4 is 12.4 Å². The number of carbonyl (C=O) groups is 1. The highest BCUT2D eigenvalue weighted by atomic mass is 19.1. The van der Waals surface area contributed by atoms with Crippen molar-refractivity contribution in [2.75, 3.05) is 0 Å². The number of pyridine rings is 1. The fourth-order valence-electron chi connectivity index (χ4n) is 0.885. The third-order valence-corrected chi connectivity index (χ3v) is 1.53. The lowest BCUT2D eigenvalue weighted by atomic mass is 10.2. The maximum Gasteiger partial charge on any atom is 0.153 e. The largest absolute Gasteiger partial charge is 0.298 e. The maximum absolute atomic E-state index is 12.8. The summed E-state index contributed by atoms with van der Waals surface area (Å²) in [6.45, 7) is 0. The molecule has 0 unspecified atom stereocenters. The number of aldehydes is 1. The molecule has 0 amide bonds. The van der Waals surface area contributed by atoms with Crippen LogP contribution in [0.2, 0.25) is 0 Å². The molecule has 1 aromatic rings. The zero-order valence-electron chi connectivity index (χ0n) is 7.27. The van der Waals surface area contributed by atoms with E-state index in [0.717, 1.165) is 6.20 Å². The van der Waals surface area contributed by atoms with Crippen LogP contribution < -0.4 is 0 Å². The second-order valence-corrected chi connectivity index (χ2v) is 2.51. The Labute approximate surface area is 80.5 Å². The molecule has 0 radical (unpaired) electrons. The molecule has 0 aliphatic rings. The van der Waals surface area contributed by atoms with Gasteiger partial charge in [0.25, 0.3) is 0 Å². The summed E-state index contributed by atoms with van der Waals surface area (Å²) in [5.74, 6) is -0.641. The van der Waals surface area contributed by atoms with Crippen molar-refractivity contribution in [3.05, 3.63) is 35.4 Å². The number of rotatable bonds is 3. The Hall–Kier alpha value is -2.02. The first-order chi connectivity index (χ1) is 6.77. The second-order valence-electron chi connectivity index (χ2n) is 2.51. The van der Waals surface area contributed by atoms with Crippen molar-refractivity contribution in [1.82, 2.24) is 4.98 Å². The Balaban J connectivity index is 2.90. The summed E-state index contributed by atoms with van der Waals surface area (Å²) >= 11 is 0. The summed E-state index contributed by atoms with van der Waals surface area (Å²) in [6.07, 6.45) is 4.83. The Bertz CT molecular complexity index is 407. The Morgan fingerprint density at radius 2 is 2.43 bits per heavy atom. The van der Waals surface area contributed by atoms with Crippen LogP contribution in [0.3, 0.4) is 0 Å². The van der Waals surface area contributed by atoms with Crippen molar-refractivity contribution in [2.45, 2.75) is 6.42 Å². The molecule has 0 aliphatic heterocycles. The van der Waals surface area contributed by atoms with E-state index in [1.54, 1.807) is 12.2 Å². The minimum Gasteiger partial charge on any atom is -0.298 e. The van der Waals surface area contributed by atoms with E-state index in [0.29, 0.717) is 12.0 Å². The van der Waals surface area contributed by atoms with Crippen LogP contribution in [0.5, 0.6) is 0 Å². The SMILES string of the molecule is N#CCC=Cc1cc(C=O)c(F)cn1. The van der Waals surface area contributed by atoms with Crippen LogP contribution in [-0.2, 0) is 0 Å². The summed E-state index contributed by atoms with van der Waals surface area (Å²) in [4.78, 5) is 14.1. The van der Waals surface area contributed by atoms with Crippen LogP contribution in [0.4, 0.5) is 4.39 Å². The molecule has 0 bridgehead atoms. The number of nitrogens with zero attached hydrogens (tertiary/aromatic N) is 2. The van der Waals surface area contributed by atoms with Crippen molar-refractivity contribution in [1.29, 1.82) is 5.26 Å². The molecule has 14 heavy (non-hydrogen) atoms. The van der Waals surface area contributed by atoms with E-state index in [4.69, 9.17) is 5.26 Å². The predicted molar refractivity (Wildman–Crippen MR) is 48.8 cm³/mol. The van der Waals surface area contributed by atoms with E-state index in [1.807, 2.05) is 6.07 Å². The molecule has 0 saturated heterocycles. The molecule has 0 saturated carbocycles. The lowest BCUT2D eigenvalue weighted by Gasteiger charge is -1.95. The minimum atomic E-state index is -0.641. The van der Waals surface area contributed by atoms with Gasteiger partial charge in [-0.15, -0.1) is 0 Å². The van der Waals surface area contributed by atoms with Crippen LogP contribution in [0.25, 0.3) is 6.08 Å². The summed E-state index contributed by atoms with van der Waals surface area (Å²) in [5.41, 5.74) is 0.431. The lowest BCUT2D eigenvalue weighted by molar-refractivity contribution is 0.111. The molecule has 4 heteroatoms. The van der Waals surface area contributed by atoms with E-state index in [9.17, 15) is 9.18 Å². The average molecular weight is 190 g/mol. The van der Waals surface area contributed by atoms with Gasteiger partial charge in [-0.1, -0.05) is 6.08 Å². The van der Waals surface area contributed by atoms with Crippen LogP contribution in [-0.4, -0.2) is 11.3 Å². The van der Waals surface area contributed by atoms with Gasteiger partial charge >= 0.3 is 0 Å². The highest BCUT2D eigenvalue weighted by molar-refractivity contribution is 5.76. The van der Waals surface area contributed by atoms with Crippen molar-refractivity contribution in [3.8, 4) is 6.07 Å². The molecule has 70 valence electrons. The third kappa shape index (κ3) is 2.49. The number of aromatic nitrogens is 1. The predicted octanol–water partition coefficient (Wildman–Crippen LogP) is 1.96. The molecule has 1 aromatic heterocycles. The van der Waals surface area contributed by atoms with Crippen LogP contribution in [0.1, 0.15) is 22.5 Å². The number of halogens is 1. The van der Waals surface area contributed by atoms with Crippen LogP contribution >= 0.6 is 0 Å². The second kappa shape index (κ2) is 4.87. The van der Waals surface area contributed by atoms with Crippen molar-refractivity contribution in [2.24, 2.45) is 0 Å². The molecule has 1 heterocycles.